The summed E-state index contributed by atoms with van der Waals surface area (Å²) in [6.45, 7) is 8.43. The van der Waals surface area contributed by atoms with Gasteiger partial charge in [0, 0.05) is 19.0 Å². The van der Waals surface area contributed by atoms with Gasteiger partial charge >= 0.3 is 12.1 Å². The molecule has 0 aromatic heterocycles. The molecule has 7 heteroatoms. The van der Waals surface area contributed by atoms with Crippen LogP contribution in [0.1, 0.15) is 34.6 Å². The zero-order chi connectivity index (χ0) is 17.1. The zero-order valence-electron chi connectivity index (χ0n) is 13.7. The third kappa shape index (κ3) is 4.54. The van der Waals surface area contributed by atoms with Crippen LogP contribution in [0.3, 0.4) is 0 Å². The number of rotatable bonds is 3. The molecule has 0 radical (unpaired) electrons. The van der Waals surface area contributed by atoms with Crippen molar-refractivity contribution in [3.63, 3.8) is 0 Å². The SMILES string of the molecule is CCOC(=O)C(=O)C1CN(C(=O)OC(C)(C)C)C[C@@H](C)C1=O. The van der Waals surface area contributed by atoms with Crippen LogP contribution < -0.4 is 0 Å². The molecule has 2 atom stereocenters. The molecule has 124 valence electrons. The molecule has 0 aromatic rings. The fourth-order valence-corrected chi connectivity index (χ4v) is 2.18. The molecule has 0 aromatic carbocycles. The molecule has 0 saturated carbocycles. The second-order valence-electron chi connectivity index (χ2n) is 6.33. The van der Waals surface area contributed by atoms with E-state index in [1.165, 1.54) is 4.90 Å². The Bertz CT molecular complexity index is 479. The third-order valence-corrected chi connectivity index (χ3v) is 3.17. The van der Waals surface area contributed by atoms with Gasteiger partial charge in [0.2, 0.25) is 0 Å². The number of amides is 1. The molecule has 1 heterocycles. The van der Waals surface area contributed by atoms with Crippen LogP contribution in [0.25, 0.3) is 0 Å². The van der Waals surface area contributed by atoms with E-state index in [4.69, 9.17) is 4.74 Å². The first-order valence-electron chi connectivity index (χ1n) is 7.29. The Kier molecular flexibility index (Phi) is 5.68. The van der Waals surface area contributed by atoms with Crippen LogP contribution in [0, 0.1) is 11.8 Å². The van der Waals surface area contributed by atoms with Crippen molar-refractivity contribution in [3.05, 3.63) is 0 Å². The Morgan fingerprint density at radius 3 is 2.32 bits per heavy atom. The predicted octanol–water partition coefficient (Wildman–Crippen LogP) is 1.19. The molecule has 1 rings (SSSR count). The minimum absolute atomic E-state index is 0.0524. The molecule has 0 N–H and O–H groups in total. The Labute approximate surface area is 129 Å². The van der Waals surface area contributed by atoms with Crippen LogP contribution in [-0.2, 0) is 23.9 Å². The molecule has 1 amide bonds. The van der Waals surface area contributed by atoms with Crippen LogP contribution in [0.5, 0.6) is 0 Å². The van der Waals surface area contributed by atoms with E-state index in [0.717, 1.165) is 0 Å². The number of nitrogens with zero attached hydrogens (tertiary/aromatic N) is 1. The first-order valence-corrected chi connectivity index (χ1v) is 7.29. The summed E-state index contributed by atoms with van der Waals surface area (Å²) in [5.74, 6) is -4.02. The van der Waals surface area contributed by atoms with Gasteiger partial charge in [-0.2, -0.15) is 0 Å². The van der Waals surface area contributed by atoms with Crippen LogP contribution in [0.2, 0.25) is 0 Å². The molecule has 22 heavy (non-hydrogen) atoms. The summed E-state index contributed by atoms with van der Waals surface area (Å²) in [5.41, 5.74) is -0.678. The molecule has 0 bridgehead atoms. The van der Waals surface area contributed by atoms with Crippen molar-refractivity contribution < 1.29 is 28.7 Å². The quantitative estimate of drug-likeness (QED) is 0.442. The summed E-state index contributed by atoms with van der Waals surface area (Å²) in [6, 6.07) is 0. The fourth-order valence-electron chi connectivity index (χ4n) is 2.18. The lowest BCUT2D eigenvalue weighted by molar-refractivity contribution is -0.158. The van der Waals surface area contributed by atoms with Crippen molar-refractivity contribution in [2.24, 2.45) is 11.8 Å². The van der Waals surface area contributed by atoms with Gasteiger partial charge in [0.05, 0.1) is 6.61 Å². The lowest BCUT2D eigenvalue weighted by atomic mass is 9.86. The largest absolute Gasteiger partial charge is 0.460 e. The predicted molar refractivity (Wildman–Crippen MR) is 77.1 cm³/mol. The van der Waals surface area contributed by atoms with E-state index in [2.05, 4.69) is 4.74 Å². The normalized spacial score (nSPS) is 22.2. The standard InChI is InChI=1S/C15H23NO6/c1-6-21-13(19)12(18)10-8-16(7-9(2)11(10)17)14(20)22-15(3,4)5/h9-10H,6-8H2,1-5H3/t9-,10?/m1/s1. The van der Waals surface area contributed by atoms with Crippen LogP contribution in [-0.4, -0.2) is 53.8 Å². The minimum atomic E-state index is -1.18. The second-order valence-corrected chi connectivity index (χ2v) is 6.33. The van der Waals surface area contributed by atoms with Gasteiger partial charge in [-0.1, -0.05) is 6.92 Å². The topological polar surface area (TPSA) is 90.0 Å². The van der Waals surface area contributed by atoms with E-state index in [-0.39, 0.29) is 25.5 Å². The van der Waals surface area contributed by atoms with Gasteiger partial charge in [-0.25, -0.2) is 9.59 Å². The Balaban J connectivity index is 2.86. The summed E-state index contributed by atoms with van der Waals surface area (Å²) in [6.07, 6.45) is -0.603. The molecular formula is C15H23NO6. The van der Waals surface area contributed by atoms with Crippen molar-refractivity contribution in [1.29, 1.82) is 0 Å². The van der Waals surface area contributed by atoms with E-state index in [1.807, 2.05) is 0 Å². The summed E-state index contributed by atoms with van der Waals surface area (Å²) in [5, 5.41) is 0. The average molecular weight is 313 g/mol. The van der Waals surface area contributed by atoms with Crippen LogP contribution in [0.4, 0.5) is 4.79 Å². The lowest BCUT2D eigenvalue weighted by Gasteiger charge is -2.35. The lowest BCUT2D eigenvalue weighted by Crippen LogP contribution is -2.53. The van der Waals surface area contributed by atoms with Gasteiger partial charge in [-0.05, 0) is 27.7 Å². The van der Waals surface area contributed by atoms with Gasteiger partial charge in [-0.15, -0.1) is 0 Å². The number of carbonyl (C=O) groups excluding carboxylic acids is 4. The number of esters is 1. The summed E-state index contributed by atoms with van der Waals surface area (Å²) < 4.78 is 9.89. The van der Waals surface area contributed by atoms with Gasteiger partial charge in [0.1, 0.15) is 17.3 Å². The number of ketones is 2. The van der Waals surface area contributed by atoms with Gasteiger partial charge < -0.3 is 14.4 Å². The number of piperidine rings is 1. The van der Waals surface area contributed by atoms with E-state index in [0.29, 0.717) is 0 Å². The van der Waals surface area contributed by atoms with Crippen molar-refractivity contribution >= 4 is 23.6 Å². The second kappa shape index (κ2) is 6.89. The first kappa shape index (κ1) is 18.1. The Hall–Kier alpha value is -1.92. The maximum atomic E-state index is 12.1. The molecule has 1 fully saturated rings. The van der Waals surface area contributed by atoms with E-state index < -0.39 is 35.3 Å². The van der Waals surface area contributed by atoms with Crippen molar-refractivity contribution in [2.75, 3.05) is 19.7 Å². The van der Waals surface area contributed by atoms with Gasteiger partial charge in [0.15, 0.2) is 0 Å². The first-order chi connectivity index (χ1) is 10.1. The molecular weight excluding hydrogens is 290 g/mol. The van der Waals surface area contributed by atoms with Crippen LogP contribution in [0.15, 0.2) is 0 Å². The highest BCUT2D eigenvalue weighted by Crippen LogP contribution is 2.21. The Morgan fingerprint density at radius 2 is 1.82 bits per heavy atom. The van der Waals surface area contributed by atoms with Crippen molar-refractivity contribution in [3.8, 4) is 0 Å². The fraction of sp³-hybridized carbons (Fsp3) is 0.733. The molecule has 1 saturated heterocycles. The van der Waals surface area contributed by atoms with E-state index >= 15 is 0 Å². The van der Waals surface area contributed by atoms with Crippen LogP contribution >= 0.6 is 0 Å². The highest BCUT2D eigenvalue weighted by Gasteiger charge is 2.42. The number of hydrogen-bond donors (Lipinski definition) is 0. The third-order valence-electron chi connectivity index (χ3n) is 3.17. The average Bonchev–Trinajstić information content (AvgIpc) is 2.39. The molecule has 0 aliphatic carbocycles. The van der Waals surface area contributed by atoms with E-state index in [1.54, 1.807) is 34.6 Å². The van der Waals surface area contributed by atoms with Crippen molar-refractivity contribution in [1.82, 2.24) is 4.90 Å². The van der Waals surface area contributed by atoms with Gasteiger partial charge in [-0.3, -0.25) is 9.59 Å². The number of Topliss-reactive ketones (excluding diaryl/α,β-unsaturated/α-hetero) is 2. The summed E-state index contributed by atoms with van der Waals surface area (Å²) in [7, 11) is 0. The number of hydrogen-bond acceptors (Lipinski definition) is 6. The summed E-state index contributed by atoms with van der Waals surface area (Å²) in [4.78, 5) is 49.1. The highest BCUT2D eigenvalue weighted by molar-refractivity contribution is 6.38. The van der Waals surface area contributed by atoms with E-state index in [9.17, 15) is 19.2 Å². The maximum absolute atomic E-state index is 12.1. The summed E-state index contributed by atoms with van der Waals surface area (Å²) >= 11 is 0. The Morgan fingerprint density at radius 1 is 1.23 bits per heavy atom. The number of ether oxygens (including phenoxy) is 2. The molecule has 1 unspecified atom stereocenters. The maximum Gasteiger partial charge on any atom is 0.410 e. The minimum Gasteiger partial charge on any atom is -0.460 e. The zero-order valence-corrected chi connectivity index (χ0v) is 13.7. The smallest absolute Gasteiger partial charge is 0.410 e. The molecule has 1 aliphatic rings. The monoisotopic (exact) mass is 313 g/mol. The van der Waals surface area contributed by atoms with Crippen molar-refractivity contribution in [2.45, 2.75) is 40.2 Å². The molecule has 1 aliphatic heterocycles. The number of likely N-dealkylation sites (tertiary alicyclic amines) is 1. The molecule has 7 nitrogen and oxygen atoms in total. The number of carbonyl (C=O) groups is 4. The van der Waals surface area contributed by atoms with Gasteiger partial charge in [0.25, 0.3) is 5.78 Å². The molecule has 0 spiro atoms. The highest BCUT2D eigenvalue weighted by atomic mass is 16.6.